The van der Waals surface area contributed by atoms with Gasteiger partial charge in [0.05, 0.1) is 19.8 Å². The van der Waals surface area contributed by atoms with Gasteiger partial charge in [-0.1, -0.05) is 6.07 Å². The van der Waals surface area contributed by atoms with E-state index in [4.69, 9.17) is 9.47 Å². The Morgan fingerprint density at radius 2 is 2.18 bits per heavy atom. The van der Waals surface area contributed by atoms with Gasteiger partial charge < -0.3 is 14.8 Å². The molecule has 1 saturated heterocycles. The van der Waals surface area contributed by atoms with Crippen LogP contribution < -0.4 is 10.1 Å². The molecule has 0 radical (unpaired) electrons. The van der Waals surface area contributed by atoms with E-state index in [0.717, 1.165) is 31.9 Å². The van der Waals surface area contributed by atoms with Gasteiger partial charge in [-0.2, -0.15) is 0 Å². The zero-order chi connectivity index (χ0) is 11.7. The van der Waals surface area contributed by atoms with E-state index < -0.39 is 0 Å². The molecular formula is C14H19NO2. The molecule has 1 fully saturated rings. The van der Waals surface area contributed by atoms with Crippen LogP contribution in [0.2, 0.25) is 0 Å². The topological polar surface area (TPSA) is 30.5 Å². The normalized spacial score (nSPS) is 23.5. The van der Waals surface area contributed by atoms with Gasteiger partial charge in [0, 0.05) is 13.1 Å². The Labute approximate surface area is 102 Å². The second kappa shape index (κ2) is 4.67. The lowest BCUT2D eigenvalue weighted by Crippen LogP contribution is -2.33. The predicted molar refractivity (Wildman–Crippen MR) is 66.6 cm³/mol. The molecule has 92 valence electrons. The first-order chi connectivity index (χ1) is 8.40. The molecule has 1 heterocycles. The fourth-order valence-corrected chi connectivity index (χ4v) is 2.96. The monoisotopic (exact) mass is 233 g/mol. The highest BCUT2D eigenvalue weighted by atomic mass is 16.5. The quantitative estimate of drug-likeness (QED) is 0.845. The Balaban J connectivity index is 1.97. The summed E-state index contributed by atoms with van der Waals surface area (Å²) in [6, 6.07) is 4.28. The molecule has 1 atom stereocenters. The molecule has 0 bridgehead atoms. The van der Waals surface area contributed by atoms with Crippen LogP contribution in [0.15, 0.2) is 12.1 Å². The first kappa shape index (κ1) is 11.1. The summed E-state index contributed by atoms with van der Waals surface area (Å²) in [6.07, 6.45) is 3.78. The molecule has 1 unspecified atom stereocenters. The van der Waals surface area contributed by atoms with Crippen LogP contribution in [0, 0.1) is 0 Å². The Morgan fingerprint density at radius 3 is 2.94 bits per heavy atom. The van der Waals surface area contributed by atoms with Gasteiger partial charge in [-0.25, -0.2) is 0 Å². The van der Waals surface area contributed by atoms with Crippen molar-refractivity contribution in [1.29, 1.82) is 0 Å². The van der Waals surface area contributed by atoms with Crippen molar-refractivity contribution in [3.63, 3.8) is 0 Å². The minimum Gasteiger partial charge on any atom is -0.496 e. The number of rotatable bonds is 2. The van der Waals surface area contributed by atoms with Crippen molar-refractivity contribution in [2.24, 2.45) is 0 Å². The third-order valence-electron chi connectivity index (χ3n) is 3.77. The third kappa shape index (κ3) is 1.94. The fourth-order valence-electron chi connectivity index (χ4n) is 2.96. The van der Waals surface area contributed by atoms with Crippen molar-refractivity contribution in [2.45, 2.75) is 25.4 Å². The van der Waals surface area contributed by atoms with E-state index in [0.29, 0.717) is 0 Å². The highest BCUT2D eigenvalue weighted by Gasteiger charge is 2.25. The van der Waals surface area contributed by atoms with Crippen LogP contribution in [0.5, 0.6) is 5.75 Å². The average molecular weight is 233 g/mol. The molecule has 0 saturated carbocycles. The van der Waals surface area contributed by atoms with Crippen LogP contribution in [0.25, 0.3) is 0 Å². The van der Waals surface area contributed by atoms with Gasteiger partial charge in [0.25, 0.3) is 0 Å². The molecule has 3 heteroatoms. The smallest absolute Gasteiger partial charge is 0.122 e. The first-order valence-corrected chi connectivity index (χ1v) is 6.41. The summed E-state index contributed by atoms with van der Waals surface area (Å²) in [5.41, 5.74) is 4.24. The van der Waals surface area contributed by atoms with Crippen molar-refractivity contribution < 1.29 is 9.47 Å². The van der Waals surface area contributed by atoms with Crippen molar-refractivity contribution in [2.75, 3.05) is 26.8 Å². The summed E-state index contributed by atoms with van der Waals surface area (Å²) < 4.78 is 11.3. The standard InChI is InChI=1S/C14H19NO2/c1-16-13-6-5-12(10-3-2-4-11(10)13)14-9-15-7-8-17-14/h5-6,14-15H,2-4,7-9H2,1H3. The number of nitrogens with one attached hydrogen (secondary N) is 1. The summed E-state index contributed by atoms with van der Waals surface area (Å²) >= 11 is 0. The highest BCUT2D eigenvalue weighted by Crippen LogP contribution is 2.36. The van der Waals surface area contributed by atoms with Crippen molar-refractivity contribution in [3.8, 4) is 5.75 Å². The maximum absolute atomic E-state index is 5.86. The summed E-state index contributed by atoms with van der Waals surface area (Å²) in [4.78, 5) is 0. The van der Waals surface area contributed by atoms with Crippen molar-refractivity contribution in [3.05, 3.63) is 28.8 Å². The van der Waals surface area contributed by atoms with Crippen LogP contribution in [0.4, 0.5) is 0 Å². The van der Waals surface area contributed by atoms with Crippen LogP contribution in [0.1, 0.15) is 29.2 Å². The number of hydrogen-bond donors (Lipinski definition) is 1. The van der Waals surface area contributed by atoms with Gasteiger partial charge in [-0.3, -0.25) is 0 Å². The highest BCUT2D eigenvalue weighted by molar-refractivity contribution is 5.48. The molecule has 3 rings (SSSR count). The maximum Gasteiger partial charge on any atom is 0.122 e. The van der Waals surface area contributed by atoms with Gasteiger partial charge in [0.1, 0.15) is 5.75 Å². The lowest BCUT2D eigenvalue weighted by molar-refractivity contribution is 0.0272. The lowest BCUT2D eigenvalue weighted by atomic mass is 9.97. The zero-order valence-corrected chi connectivity index (χ0v) is 10.3. The molecule has 1 aliphatic heterocycles. The number of fused-ring (bicyclic) bond motifs is 1. The average Bonchev–Trinajstić information content (AvgIpc) is 2.88. The number of methoxy groups -OCH3 is 1. The van der Waals surface area contributed by atoms with Gasteiger partial charge >= 0.3 is 0 Å². The Bertz CT molecular complexity index is 411. The van der Waals surface area contributed by atoms with Gasteiger partial charge in [-0.05, 0) is 42.0 Å². The minimum atomic E-state index is 0.224. The Morgan fingerprint density at radius 1 is 1.29 bits per heavy atom. The van der Waals surface area contributed by atoms with Crippen LogP contribution in [-0.2, 0) is 17.6 Å². The van der Waals surface area contributed by atoms with E-state index in [1.54, 1.807) is 7.11 Å². The summed E-state index contributed by atoms with van der Waals surface area (Å²) in [7, 11) is 1.76. The van der Waals surface area contributed by atoms with E-state index in [1.165, 1.54) is 29.5 Å². The number of ether oxygens (including phenoxy) is 2. The second-order valence-electron chi connectivity index (χ2n) is 4.73. The number of hydrogen-bond acceptors (Lipinski definition) is 3. The van der Waals surface area contributed by atoms with E-state index in [1.807, 2.05) is 0 Å². The van der Waals surface area contributed by atoms with Crippen molar-refractivity contribution in [1.82, 2.24) is 5.32 Å². The van der Waals surface area contributed by atoms with Crippen LogP contribution >= 0.6 is 0 Å². The molecule has 1 aliphatic carbocycles. The van der Waals surface area contributed by atoms with E-state index in [-0.39, 0.29) is 6.10 Å². The molecule has 1 aromatic carbocycles. The fraction of sp³-hybridized carbons (Fsp3) is 0.571. The third-order valence-corrected chi connectivity index (χ3v) is 3.77. The molecule has 0 spiro atoms. The van der Waals surface area contributed by atoms with E-state index in [2.05, 4.69) is 17.4 Å². The summed E-state index contributed by atoms with van der Waals surface area (Å²) in [5.74, 6) is 1.05. The lowest BCUT2D eigenvalue weighted by Gasteiger charge is -2.26. The molecule has 0 amide bonds. The Kier molecular flexibility index (Phi) is 3.04. The largest absolute Gasteiger partial charge is 0.496 e. The van der Waals surface area contributed by atoms with Crippen LogP contribution in [-0.4, -0.2) is 26.8 Å². The zero-order valence-electron chi connectivity index (χ0n) is 10.3. The van der Waals surface area contributed by atoms with Gasteiger partial charge in [-0.15, -0.1) is 0 Å². The molecule has 3 nitrogen and oxygen atoms in total. The molecule has 17 heavy (non-hydrogen) atoms. The molecule has 1 aromatic rings. The molecule has 2 aliphatic rings. The molecule has 1 N–H and O–H groups in total. The number of benzene rings is 1. The maximum atomic E-state index is 5.86. The van der Waals surface area contributed by atoms with Gasteiger partial charge in [0.2, 0.25) is 0 Å². The van der Waals surface area contributed by atoms with E-state index >= 15 is 0 Å². The van der Waals surface area contributed by atoms with Gasteiger partial charge in [0.15, 0.2) is 0 Å². The molecule has 0 aromatic heterocycles. The summed E-state index contributed by atoms with van der Waals surface area (Å²) in [5, 5.41) is 3.40. The Hall–Kier alpha value is -1.06. The van der Waals surface area contributed by atoms with Crippen molar-refractivity contribution >= 4 is 0 Å². The predicted octanol–water partition coefficient (Wildman–Crippen LogP) is 1.84. The first-order valence-electron chi connectivity index (χ1n) is 6.41. The molecular weight excluding hydrogens is 214 g/mol. The van der Waals surface area contributed by atoms with E-state index in [9.17, 15) is 0 Å². The minimum absolute atomic E-state index is 0.224. The second-order valence-corrected chi connectivity index (χ2v) is 4.73. The SMILES string of the molecule is COc1ccc(C2CNCCO2)c2c1CCC2. The summed E-state index contributed by atoms with van der Waals surface area (Å²) in [6.45, 7) is 2.71. The number of morpholine rings is 1. The van der Waals surface area contributed by atoms with Crippen LogP contribution in [0.3, 0.4) is 0 Å².